The average molecular weight is 834 g/mol. The zero-order valence-electron chi connectivity index (χ0n) is 38.5. The summed E-state index contributed by atoms with van der Waals surface area (Å²) in [5.41, 5.74) is 7.97. The van der Waals surface area contributed by atoms with Crippen LogP contribution in [0.2, 0.25) is 0 Å². The predicted molar refractivity (Wildman–Crippen MR) is 239 cm³/mol. The average Bonchev–Trinajstić information content (AvgIpc) is 3.69. The SMILES string of the molecule is CC[C@H](C)[C@@H]([C@@H](CC(=O)N1CCC[C@H]1[C@H](OC)[C@@H](C)C(=O)C[C@@H](Cc1ccccc1)C(=O)Nc1ccc(N)cc1)OC)N(C)C(=O)[C@@H](CC(=O)[C@H](C(C)C)N(C)C)C(C)C. The van der Waals surface area contributed by atoms with Gasteiger partial charge in [-0.1, -0.05) is 85.2 Å². The van der Waals surface area contributed by atoms with E-state index < -0.39 is 36.0 Å². The highest BCUT2D eigenvalue weighted by Gasteiger charge is 2.43. The third kappa shape index (κ3) is 13.4. The van der Waals surface area contributed by atoms with E-state index in [1.54, 1.807) is 50.4 Å². The number of amides is 3. The number of ether oxygens (including phenoxy) is 2. The Morgan fingerprint density at radius 1 is 0.833 bits per heavy atom. The molecule has 2 aromatic carbocycles. The third-order valence-corrected chi connectivity index (χ3v) is 12.7. The minimum Gasteiger partial charge on any atom is -0.399 e. The van der Waals surface area contributed by atoms with Crippen LogP contribution in [0.1, 0.15) is 92.6 Å². The van der Waals surface area contributed by atoms with Gasteiger partial charge in [-0.25, -0.2) is 0 Å². The molecule has 1 aliphatic heterocycles. The first-order valence-electron chi connectivity index (χ1n) is 21.9. The van der Waals surface area contributed by atoms with Gasteiger partial charge in [-0.05, 0) is 80.9 Å². The Kier molecular flexibility index (Phi) is 19.9. The molecule has 0 aromatic heterocycles. The maximum Gasteiger partial charge on any atom is 0.228 e. The number of nitrogens with zero attached hydrogens (tertiary/aromatic N) is 3. The minimum absolute atomic E-state index is 0.00364. The van der Waals surface area contributed by atoms with Crippen molar-refractivity contribution < 1.29 is 33.4 Å². The molecule has 0 bridgehead atoms. The molecule has 3 amide bonds. The van der Waals surface area contributed by atoms with Crippen LogP contribution in [0.5, 0.6) is 0 Å². The van der Waals surface area contributed by atoms with Crippen molar-refractivity contribution in [2.45, 2.75) is 124 Å². The van der Waals surface area contributed by atoms with Crippen LogP contribution in [0, 0.1) is 35.5 Å². The lowest BCUT2D eigenvalue weighted by atomic mass is 9.83. The molecule has 2 aromatic rings. The monoisotopic (exact) mass is 834 g/mol. The normalized spacial score (nSPS) is 18.4. The van der Waals surface area contributed by atoms with Gasteiger partial charge in [-0.15, -0.1) is 0 Å². The fourth-order valence-electron chi connectivity index (χ4n) is 9.20. The van der Waals surface area contributed by atoms with Crippen LogP contribution in [-0.4, -0.2) is 116 Å². The van der Waals surface area contributed by atoms with E-state index in [9.17, 15) is 24.0 Å². The maximum absolute atomic E-state index is 14.4. The molecule has 0 saturated carbocycles. The number of benzene rings is 2. The summed E-state index contributed by atoms with van der Waals surface area (Å²) in [6.45, 7) is 14.4. The van der Waals surface area contributed by atoms with Crippen molar-refractivity contribution >= 4 is 40.7 Å². The molecule has 1 saturated heterocycles. The second-order valence-electron chi connectivity index (χ2n) is 17.9. The van der Waals surface area contributed by atoms with Gasteiger partial charge < -0.3 is 30.3 Å². The number of likely N-dealkylation sites (tertiary alicyclic amines) is 1. The zero-order valence-corrected chi connectivity index (χ0v) is 38.5. The molecule has 60 heavy (non-hydrogen) atoms. The number of nitrogens with two attached hydrogens (primary N) is 1. The summed E-state index contributed by atoms with van der Waals surface area (Å²) >= 11 is 0. The Morgan fingerprint density at radius 2 is 1.47 bits per heavy atom. The predicted octanol–water partition coefficient (Wildman–Crippen LogP) is 6.76. The van der Waals surface area contributed by atoms with Gasteiger partial charge in [0.1, 0.15) is 5.78 Å². The third-order valence-electron chi connectivity index (χ3n) is 12.7. The number of anilines is 2. The number of hydrogen-bond acceptors (Lipinski definition) is 9. The van der Waals surface area contributed by atoms with E-state index in [1.807, 2.05) is 88.8 Å². The molecule has 3 rings (SSSR count). The quantitative estimate of drug-likeness (QED) is 0.109. The van der Waals surface area contributed by atoms with E-state index in [1.165, 1.54) is 0 Å². The van der Waals surface area contributed by atoms with E-state index in [0.717, 1.165) is 18.4 Å². The molecule has 1 heterocycles. The molecule has 0 radical (unpaired) electrons. The lowest BCUT2D eigenvalue weighted by Crippen LogP contribution is -2.54. The first-order valence-corrected chi connectivity index (χ1v) is 21.9. The van der Waals surface area contributed by atoms with Gasteiger partial charge in [0.2, 0.25) is 17.7 Å². The summed E-state index contributed by atoms with van der Waals surface area (Å²) < 4.78 is 12.1. The number of likely N-dealkylation sites (N-methyl/N-ethyl adjacent to an activating group) is 2. The Bertz CT molecular complexity index is 1680. The molecular formula is C48H75N5O7. The molecule has 0 unspecified atom stereocenters. The lowest BCUT2D eigenvalue weighted by molar-refractivity contribution is -0.149. The van der Waals surface area contributed by atoms with E-state index in [-0.39, 0.29) is 78.4 Å². The van der Waals surface area contributed by atoms with Crippen LogP contribution < -0.4 is 11.1 Å². The number of nitrogen functional groups attached to an aromatic ring is 1. The number of carbonyl (C=O) groups is 5. The van der Waals surface area contributed by atoms with Gasteiger partial charge >= 0.3 is 0 Å². The van der Waals surface area contributed by atoms with Crippen molar-refractivity contribution in [1.29, 1.82) is 0 Å². The van der Waals surface area contributed by atoms with Crippen LogP contribution in [0.25, 0.3) is 0 Å². The summed E-state index contributed by atoms with van der Waals surface area (Å²) in [4.78, 5) is 75.7. The Balaban J connectivity index is 1.81. The van der Waals surface area contributed by atoms with Crippen LogP contribution in [-0.2, 0) is 39.9 Å². The molecular weight excluding hydrogens is 759 g/mol. The van der Waals surface area contributed by atoms with Crippen molar-refractivity contribution in [3.8, 4) is 0 Å². The van der Waals surface area contributed by atoms with Crippen molar-refractivity contribution in [3.05, 3.63) is 60.2 Å². The molecule has 3 N–H and O–H groups in total. The number of rotatable bonds is 24. The van der Waals surface area contributed by atoms with Gasteiger partial charge in [-0.3, -0.25) is 28.9 Å². The number of methoxy groups -OCH3 is 2. The molecule has 1 fully saturated rings. The Labute approximate surface area is 360 Å². The largest absolute Gasteiger partial charge is 0.399 e. The van der Waals surface area contributed by atoms with E-state index in [2.05, 4.69) is 19.2 Å². The molecule has 0 aliphatic carbocycles. The molecule has 0 spiro atoms. The van der Waals surface area contributed by atoms with Crippen molar-refractivity contribution in [2.24, 2.45) is 35.5 Å². The standard InChI is InChI=1S/C48H75N5O7/c1-13-32(6)45(52(10)48(58)38(30(2)3)28-41(55)44(31(4)5)51(8)9)42(59-11)29-43(56)53-25-17-20-39(53)46(60-12)33(7)40(54)27-35(26-34-18-15-14-16-19-34)47(57)50-37-23-21-36(49)22-24-37/h14-16,18-19,21-24,30-33,35,38-39,42,44-46H,13,17,20,25-29,49H2,1-12H3,(H,50,57)/t32-,33-,35+,38-,39-,42+,44-,45-,46+/m0/s1. The van der Waals surface area contributed by atoms with E-state index in [0.29, 0.717) is 30.8 Å². The maximum atomic E-state index is 14.4. The molecule has 334 valence electrons. The highest BCUT2D eigenvalue weighted by atomic mass is 16.5. The minimum atomic E-state index is -0.642. The summed E-state index contributed by atoms with van der Waals surface area (Å²) in [6, 6.07) is 15.4. The second kappa shape index (κ2) is 23.8. The number of hydrogen-bond donors (Lipinski definition) is 2. The first kappa shape index (κ1) is 50.2. The first-order chi connectivity index (χ1) is 28.4. The van der Waals surface area contributed by atoms with Crippen molar-refractivity contribution in [3.63, 3.8) is 0 Å². The molecule has 1 aliphatic rings. The lowest BCUT2D eigenvalue weighted by Gasteiger charge is -2.41. The molecule has 12 nitrogen and oxygen atoms in total. The van der Waals surface area contributed by atoms with Gasteiger partial charge in [0.15, 0.2) is 5.78 Å². The summed E-state index contributed by atoms with van der Waals surface area (Å²) in [6.07, 6.45) is 1.48. The molecule has 9 atom stereocenters. The van der Waals surface area contributed by atoms with E-state index in [4.69, 9.17) is 15.2 Å². The van der Waals surface area contributed by atoms with Crippen LogP contribution in [0.3, 0.4) is 0 Å². The fourth-order valence-corrected chi connectivity index (χ4v) is 9.20. The van der Waals surface area contributed by atoms with Gasteiger partial charge in [0.25, 0.3) is 0 Å². The number of Topliss-reactive ketones (excluding diaryl/α,β-unsaturated/α-hetero) is 2. The van der Waals surface area contributed by atoms with E-state index >= 15 is 0 Å². The molecule has 12 heteroatoms. The fraction of sp³-hybridized carbons (Fsp3) is 0.646. The second-order valence-corrected chi connectivity index (χ2v) is 17.9. The Morgan fingerprint density at radius 3 is 2.00 bits per heavy atom. The van der Waals surface area contributed by atoms with Crippen LogP contribution >= 0.6 is 0 Å². The highest BCUT2D eigenvalue weighted by Crippen LogP contribution is 2.32. The smallest absolute Gasteiger partial charge is 0.228 e. The Hall–Kier alpha value is -4.13. The highest BCUT2D eigenvalue weighted by molar-refractivity contribution is 5.96. The summed E-state index contributed by atoms with van der Waals surface area (Å²) in [5, 5.41) is 2.96. The topological polar surface area (TPSA) is 152 Å². The number of nitrogens with one attached hydrogen (secondary N) is 1. The summed E-state index contributed by atoms with van der Waals surface area (Å²) in [7, 11) is 8.71. The van der Waals surface area contributed by atoms with Crippen LogP contribution in [0.15, 0.2) is 54.6 Å². The summed E-state index contributed by atoms with van der Waals surface area (Å²) in [5.74, 6) is -2.36. The van der Waals surface area contributed by atoms with Crippen molar-refractivity contribution in [2.75, 3.05) is 53.0 Å². The zero-order chi connectivity index (χ0) is 44.8. The van der Waals surface area contributed by atoms with Gasteiger partial charge in [0.05, 0.1) is 36.8 Å². The van der Waals surface area contributed by atoms with Gasteiger partial charge in [-0.2, -0.15) is 0 Å². The van der Waals surface area contributed by atoms with Crippen LogP contribution in [0.4, 0.5) is 11.4 Å². The number of carbonyl (C=O) groups excluding carboxylic acids is 5. The number of ketones is 2. The van der Waals surface area contributed by atoms with Crippen molar-refractivity contribution in [1.82, 2.24) is 14.7 Å². The van der Waals surface area contributed by atoms with Gasteiger partial charge in [0, 0.05) is 69.8 Å².